The fraction of sp³-hybridized carbons (Fsp3) is 0.214. The molecular formula is C14H15N7O. The van der Waals surface area contributed by atoms with Crippen molar-refractivity contribution >= 4 is 5.84 Å². The lowest BCUT2D eigenvalue weighted by Crippen LogP contribution is -2.16. The van der Waals surface area contributed by atoms with E-state index in [0.717, 1.165) is 11.4 Å². The Morgan fingerprint density at radius 2 is 2.09 bits per heavy atom. The fourth-order valence-electron chi connectivity index (χ4n) is 2.03. The lowest BCUT2D eigenvalue weighted by molar-refractivity contribution is 0.211. The normalized spacial score (nSPS) is 11.6. The second-order valence-corrected chi connectivity index (χ2v) is 4.58. The van der Waals surface area contributed by atoms with E-state index in [4.69, 9.17) is 4.84 Å². The molecular weight excluding hydrogens is 282 g/mol. The molecule has 8 heteroatoms. The van der Waals surface area contributed by atoms with Crippen molar-refractivity contribution in [1.29, 1.82) is 0 Å². The summed E-state index contributed by atoms with van der Waals surface area (Å²) >= 11 is 0. The quantitative estimate of drug-likeness (QED) is 0.405. The Hall–Kier alpha value is -3.03. The highest BCUT2D eigenvalue weighted by Gasteiger charge is 2.16. The van der Waals surface area contributed by atoms with Crippen LogP contribution in [0.1, 0.15) is 17.2 Å². The van der Waals surface area contributed by atoms with Gasteiger partial charge in [-0.05, 0) is 5.56 Å². The van der Waals surface area contributed by atoms with Crippen molar-refractivity contribution in [3.05, 3.63) is 60.2 Å². The number of hydrogen-bond acceptors (Lipinski definition) is 6. The smallest absolute Gasteiger partial charge is 0.241 e. The molecule has 2 aromatic heterocycles. The van der Waals surface area contributed by atoms with Gasteiger partial charge >= 0.3 is 0 Å². The van der Waals surface area contributed by atoms with Crippen LogP contribution in [-0.2, 0) is 18.3 Å². The number of oxime groups is 1. The zero-order chi connectivity index (χ0) is 15.4. The van der Waals surface area contributed by atoms with Crippen LogP contribution in [0, 0.1) is 0 Å². The molecule has 0 aliphatic carbocycles. The molecule has 0 bridgehead atoms. The number of benzene rings is 1. The summed E-state index contributed by atoms with van der Waals surface area (Å²) in [5, 5.41) is 12.4. The van der Waals surface area contributed by atoms with Crippen molar-refractivity contribution in [3.8, 4) is 0 Å². The average molecular weight is 297 g/mol. The van der Waals surface area contributed by atoms with E-state index in [1.807, 2.05) is 25.2 Å². The second-order valence-electron chi connectivity index (χ2n) is 4.58. The van der Waals surface area contributed by atoms with Gasteiger partial charge in [0.25, 0.3) is 0 Å². The third-order valence-corrected chi connectivity index (χ3v) is 3.07. The molecule has 0 amide bonds. The molecule has 112 valence electrons. The van der Waals surface area contributed by atoms with Crippen molar-refractivity contribution in [2.45, 2.75) is 6.42 Å². The summed E-state index contributed by atoms with van der Waals surface area (Å²) in [6, 6.07) is 10.1. The Morgan fingerprint density at radius 1 is 1.27 bits per heavy atom. The minimum atomic E-state index is 0.384. The van der Waals surface area contributed by atoms with Gasteiger partial charge in [0.05, 0.1) is 0 Å². The summed E-state index contributed by atoms with van der Waals surface area (Å²) in [7, 11) is 3.31. The maximum atomic E-state index is 4.86. The first-order chi connectivity index (χ1) is 10.8. The van der Waals surface area contributed by atoms with Crippen LogP contribution in [0.25, 0.3) is 0 Å². The van der Waals surface area contributed by atoms with Crippen LogP contribution in [0.4, 0.5) is 0 Å². The minimum Gasteiger partial charge on any atom is -0.397 e. The maximum absolute atomic E-state index is 4.86. The molecule has 0 aliphatic heterocycles. The highest BCUT2D eigenvalue weighted by Crippen LogP contribution is 2.08. The van der Waals surface area contributed by atoms with Gasteiger partial charge in [0.1, 0.15) is 25.6 Å². The van der Waals surface area contributed by atoms with Gasteiger partial charge in [-0.1, -0.05) is 35.5 Å². The topological polar surface area (TPSA) is 83.0 Å². The van der Waals surface area contributed by atoms with Gasteiger partial charge in [-0.25, -0.2) is 9.97 Å². The summed E-state index contributed by atoms with van der Waals surface area (Å²) in [4.78, 5) is 13.3. The predicted molar refractivity (Wildman–Crippen MR) is 79.2 cm³/mol. The number of aromatic nitrogens is 6. The summed E-state index contributed by atoms with van der Waals surface area (Å²) < 4.78 is 3.19. The largest absolute Gasteiger partial charge is 0.397 e. The molecule has 0 aliphatic rings. The molecule has 2 heterocycles. The zero-order valence-corrected chi connectivity index (χ0v) is 12.3. The second kappa shape index (κ2) is 6.17. The Kier molecular flexibility index (Phi) is 3.90. The van der Waals surface area contributed by atoms with Crippen LogP contribution in [0.5, 0.6) is 0 Å². The van der Waals surface area contributed by atoms with Crippen LogP contribution >= 0.6 is 0 Å². The third-order valence-electron chi connectivity index (χ3n) is 3.07. The first-order valence-corrected chi connectivity index (χ1v) is 6.68. The molecule has 0 N–H and O–H groups in total. The molecule has 3 aromatic rings. The van der Waals surface area contributed by atoms with Gasteiger partial charge in [0, 0.05) is 13.5 Å². The van der Waals surface area contributed by atoms with E-state index in [0.29, 0.717) is 18.1 Å². The van der Waals surface area contributed by atoms with Crippen molar-refractivity contribution in [2.24, 2.45) is 12.2 Å². The van der Waals surface area contributed by atoms with Crippen molar-refractivity contribution < 1.29 is 4.84 Å². The average Bonchev–Trinajstić information content (AvgIpc) is 3.17. The SMILES string of the molecule is CON=C(c1nc(Cc2ccccc2)n(C)n1)n1cncn1. The molecule has 0 fully saturated rings. The van der Waals surface area contributed by atoms with Gasteiger partial charge in [-0.2, -0.15) is 9.78 Å². The van der Waals surface area contributed by atoms with E-state index in [2.05, 4.69) is 37.5 Å². The van der Waals surface area contributed by atoms with E-state index in [1.165, 1.54) is 24.4 Å². The standard InChI is InChI=1S/C14H15N7O/c1-20-12(8-11-6-4-3-5-7-11)17-13(18-20)14(19-22-2)21-10-15-9-16-21/h3-7,9-10H,8H2,1-2H3. The Morgan fingerprint density at radius 3 is 2.77 bits per heavy atom. The van der Waals surface area contributed by atoms with Gasteiger partial charge in [0.15, 0.2) is 0 Å². The van der Waals surface area contributed by atoms with Gasteiger partial charge in [0.2, 0.25) is 11.7 Å². The molecule has 0 radical (unpaired) electrons. The Labute approximate surface area is 127 Å². The van der Waals surface area contributed by atoms with Crippen molar-refractivity contribution in [1.82, 2.24) is 29.5 Å². The number of hydrogen-bond donors (Lipinski definition) is 0. The number of aryl methyl sites for hydroxylation is 1. The van der Waals surface area contributed by atoms with Gasteiger partial charge in [-0.15, -0.1) is 5.10 Å². The highest BCUT2D eigenvalue weighted by atomic mass is 16.6. The first kappa shape index (κ1) is 13.9. The van der Waals surface area contributed by atoms with E-state index in [1.54, 1.807) is 4.68 Å². The van der Waals surface area contributed by atoms with Crippen LogP contribution in [0.15, 0.2) is 48.1 Å². The molecule has 0 unspecified atom stereocenters. The van der Waals surface area contributed by atoms with E-state index < -0.39 is 0 Å². The summed E-state index contributed by atoms with van der Waals surface area (Å²) in [5.41, 5.74) is 1.16. The molecule has 22 heavy (non-hydrogen) atoms. The van der Waals surface area contributed by atoms with E-state index in [9.17, 15) is 0 Å². The Bertz CT molecular complexity index is 762. The maximum Gasteiger partial charge on any atom is 0.241 e. The zero-order valence-electron chi connectivity index (χ0n) is 12.3. The number of nitrogens with zero attached hydrogens (tertiary/aromatic N) is 7. The summed E-state index contributed by atoms with van der Waals surface area (Å²) in [6.07, 6.45) is 3.62. The molecule has 0 spiro atoms. The monoisotopic (exact) mass is 297 g/mol. The van der Waals surface area contributed by atoms with E-state index >= 15 is 0 Å². The molecule has 8 nitrogen and oxygen atoms in total. The molecule has 0 saturated carbocycles. The van der Waals surface area contributed by atoms with Crippen LogP contribution in [0.2, 0.25) is 0 Å². The van der Waals surface area contributed by atoms with Crippen molar-refractivity contribution in [3.63, 3.8) is 0 Å². The van der Waals surface area contributed by atoms with Crippen LogP contribution in [-0.4, -0.2) is 42.5 Å². The third kappa shape index (κ3) is 2.85. The first-order valence-electron chi connectivity index (χ1n) is 6.68. The lowest BCUT2D eigenvalue weighted by atomic mass is 10.1. The number of rotatable bonds is 4. The van der Waals surface area contributed by atoms with Crippen LogP contribution in [0.3, 0.4) is 0 Å². The lowest BCUT2D eigenvalue weighted by Gasteiger charge is -1.99. The van der Waals surface area contributed by atoms with Gasteiger partial charge in [-0.3, -0.25) is 4.68 Å². The van der Waals surface area contributed by atoms with Gasteiger partial charge < -0.3 is 4.84 Å². The molecule has 0 atom stereocenters. The summed E-state index contributed by atoms with van der Waals surface area (Å²) in [5.74, 6) is 1.64. The van der Waals surface area contributed by atoms with Crippen molar-refractivity contribution in [2.75, 3.05) is 7.11 Å². The fourth-order valence-corrected chi connectivity index (χ4v) is 2.03. The molecule has 0 saturated heterocycles. The Balaban J connectivity index is 1.92. The highest BCUT2D eigenvalue weighted by molar-refractivity contribution is 5.95. The predicted octanol–water partition coefficient (Wildman–Crippen LogP) is 0.854. The molecule has 1 aromatic carbocycles. The minimum absolute atomic E-state index is 0.384. The van der Waals surface area contributed by atoms with Crippen LogP contribution < -0.4 is 0 Å². The van der Waals surface area contributed by atoms with E-state index in [-0.39, 0.29) is 0 Å². The molecule has 3 rings (SSSR count). The summed E-state index contributed by atoms with van der Waals surface area (Å²) in [6.45, 7) is 0.